The smallest absolute Gasteiger partial charge is 0.221 e. The molecule has 0 amide bonds. The lowest BCUT2D eigenvalue weighted by Crippen LogP contribution is -2.77. The SMILES string of the molecule is C=CO/N=[NH+]/N1CCCC1.[OH-]. The average Bonchev–Trinajstić information content (AvgIpc) is 2.41. The molecule has 1 saturated heterocycles. The van der Waals surface area contributed by atoms with Crippen molar-refractivity contribution in [2.24, 2.45) is 5.28 Å². The molecule has 1 aliphatic rings. The Morgan fingerprint density at radius 3 is 2.64 bits per heavy atom. The van der Waals surface area contributed by atoms with Gasteiger partial charge in [-0.1, -0.05) is 6.58 Å². The molecule has 0 unspecified atom stereocenters. The number of hydrazine groups is 1. The van der Waals surface area contributed by atoms with Gasteiger partial charge >= 0.3 is 0 Å². The summed E-state index contributed by atoms with van der Waals surface area (Å²) in [6.07, 6.45) is 3.75. The third-order valence-electron chi connectivity index (χ3n) is 1.42. The van der Waals surface area contributed by atoms with Gasteiger partial charge in [0.2, 0.25) is 5.28 Å². The number of nitrogens with one attached hydrogen (secondary N) is 1. The van der Waals surface area contributed by atoms with Gasteiger partial charge in [-0.15, -0.1) is 0 Å². The second-order valence-electron chi connectivity index (χ2n) is 2.16. The molecule has 0 aromatic heterocycles. The van der Waals surface area contributed by atoms with Gasteiger partial charge in [0.1, 0.15) is 6.26 Å². The van der Waals surface area contributed by atoms with Crippen molar-refractivity contribution in [3.8, 4) is 0 Å². The van der Waals surface area contributed by atoms with Crippen LogP contribution in [0, 0.1) is 0 Å². The minimum Gasteiger partial charge on any atom is -0.870 e. The maximum atomic E-state index is 4.53. The van der Waals surface area contributed by atoms with Crippen molar-refractivity contribution in [2.45, 2.75) is 12.8 Å². The van der Waals surface area contributed by atoms with Crippen molar-refractivity contribution in [3.63, 3.8) is 0 Å². The van der Waals surface area contributed by atoms with E-state index in [4.69, 9.17) is 0 Å². The maximum Gasteiger partial charge on any atom is 0.221 e. The number of hydrogen-bond donors (Lipinski definition) is 1. The predicted molar refractivity (Wildman–Crippen MR) is 37.4 cm³/mol. The number of nitrogens with zero attached hydrogens (tertiary/aromatic N) is 2. The molecule has 1 fully saturated rings. The molecule has 0 bridgehead atoms. The standard InChI is InChI=1S/C6H11N3O.H2O/c1-2-10-8-7-9-5-3-4-6-9;/h2H,1,3-6H2;1H2/b8-7+;. The van der Waals surface area contributed by atoms with Crippen LogP contribution in [0.15, 0.2) is 18.1 Å². The van der Waals surface area contributed by atoms with Crippen LogP contribution in [0.1, 0.15) is 12.8 Å². The number of rotatable bonds is 3. The van der Waals surface area contributed by atoms with Gasteiger partial charge in [0, 0.05) is 5.22 Å². The topological polar surface area (TPSA) is 68.8 Å². The van der Waals surface area contributed by atoms with E-state index in [0.29, 0.717) is 0 Å². The molecule has 64 valence electrons. The normalized spacial score (nSPS) is 16.5. The van der Waals surface area contributed by atoms with E-state index in [-0.39, 0.29) is 5.48 Å². The summed E-state index contributed by atoms with van der Waals surface area (Å²) in [5.74, 6) is 0. The summed E-state index contributed by atoms with van der Waals surface area (Å²) >= 11 is 0. The van der Waals surface area contributed by atoms with Crippen LogP contribution in [0.4, 0.5) is 0 Å². The molecule has 0 radical (unpaired) electrons. The van der Waals surface area contributed by atoms with E-state index in [2.05, 4.69) is 21.9 Å². The molecule has 0 spiro atoms. The Hall–Kier alpha value is -1.10. The molecule has 1 aliphatic heterocycles. The summed E-state index contributed by atoms with van der Waals surface area (Å²) in [6, 6.07) is 0. The fourth-order valence-electron chi connectivity index (χ4n) is 0.936. The van der Waals surface area contributed by atoms with Crippen LogP contribution in [0.3, 0.4) is 0 Å². The summed E-state index contributed by atoms with van der Waals surface area (Å²) in [6.45, 7) is 5.44. The van der Waals surface area contributed by atoms with Crippen molar-refractivity contribution >= 4 is 0 Å². The lowest BCUT2D eigenvalue weighted by atomic mass is 10.4. The largest absolute Gasteiger partial charge is 0.870 e. The molecular formula is C6H13N3O2. The van der Waals surface area contributed by atoms with Crippen molar-refractivity contribution < 1.29 is 15.5 Å². The van der Waals surface area contributed by atoms with E-state index < -0.39 is 0 Å². The van der Waals surface area contributed by atoms with Crippen molar-refractivity contribution in [1.29, 1.82) is 0 Å². The average molecular weight is 159 g/mol. The van der Waals surface area contributed by atoms with E-state index >= 15 is 0 Å². The summed E-state index contributed by atoms with van der Waals surface area (Å²) in [4.78, 5) is 4.53. The van der Waals surface area contributed by atoms with Gasteiger partial charge in [0.15, 0.2) is 0 Å². The highest BCUT2D eigenvalue weighted by Gasteiger charge is 2.12. The van der Waals surface area contributed by atoms with Gasteiger partial charge in [0.05, 0.1) is 13.1 Å². The first-order valence-corrected chi connectivity index (χ1v) is 3.41. The zero-order chi connectivity index (χ0) is 7.23. The van der Waals surface area contributed by atoms with E-state index in [1.54, 1.807) is 0 Å². The van der Waals surface area contributed by atoms with Crippen LogP contribution in [0.2, 0.25) is 0 Å². The third-order valence-corrected chi connectivity index (χ3v) is 1.42. The Morgan fingerprint density at radius 1 is 1.45 bits per heavy atom. The van der Waals surface area contributed by atoms with Crippen molar-refractivity contribution in [1.82, 2.24) is 5.01 Å². The van der Waals surface area contributed by atoms with Crippen LogP contribution >= 0.6 is 0 Å². The first kappa shape index (κ1) is 9.90. The van der Waals surface area contributed by atoms with Crippen molar-refractivity contribution in [3.05, 3.63) is 12.8 Å². The first-order chi connectivity index (χ1) is 4.93. The molecule has 1 heterocycles. The minimum absolute atomic E-state index is 0. The molecule has 5 nitrogen and oxygen atoms in total. The highest BCUT2D eigenvalue weighted by atomic mass is 16.6. The monoisotopic (exact) mass is 159 g/mol. The van der Waals surface area contributed by atoms with Crippen LogP contribution in [-0.4, -0.2) is 23.6 Å². The van der Waals surface area contributed by atoms with Gasteiger partial charge in [-0.05, 0) is 12.8 Å². The number of hydrogen-bond acceptors (Lipinski definition) is 3. The fourth-order valence-corrected chi connectivity index (χ4v) is 0.936. The van der Waals surface area contributed by atoms with Crippen molar-refractivity contribution in [2.75, 3.05) is 13.1 Å². The quantitative estimate of drug-likeness (QED) is 0.340. The van der Waals surface area contributed by atoms with Crippen LogP contribution in [-0.2, 0) is 4.84 Å². The van der Waals surface area contributed by atoms with E-state index in [1.807, 2.05) is 5.01 Å². The maximum absolute atomic E-state index is 4.53. The van der Waals surface area contributed by atoms with E-state index in [1.165, 1.54) is 19.1 Å². The van der Waals surface area contributed by atoms with Crippen LogP contribution in [0.5, 0.6) is 0 Å². The molecule has 0 saturated carbocycles. The zero-order valence-electron chi connectivity index (χ0n) is 6.36. The molecular weight excluding hydrogens is 146 g/mol. The molecule has 1 rings (SSSR count). The molecule has 0 aromatic carbocycles. The summed E-state index contributed by atoms with van der Waals surface area (Å²) < 4.78 is 0. The second-order valence-corrected chi connectivity index (χ2v) is 2.16. The van der Waals surface area contributed by atoms with E-state index in [0.717, 1.165) is 13.1 Å². The summed E-state index contributed by atoms with van der Waals surface area (Å²) in [5.41, 5.74) is 0. The molecule has 0 aliphatic carbocycles. The highest BCUT2D eigenvalue weighted by Crippen LogP contribution is 1.99. The van der Waals surface area contributed by atoms with Gasteiger partial charge < -0.3 is 10.3 Å². The van der Waals surface area contributed by atoms with Crippen LogP contribution < -0.4 is 5.22 Å². The van der Waals surface area contributed by atoms with Gasteiger partial charge in [-0.3, -0.25) is 0 Å². The molecule has 2 N–H and O–H groups in total. The van der Waals surface area contributed by atoms with Crippen LogP contribution in [0.25, 0.3) is 0 Å². The van der Waals surface area contributed by atoms with Gasteiger partial charge in [-0.2, -0.15) is 5.01 Å². The first-order valence-electron chi connectivity index (χ1n) is 3.41. The Balaban J connectivity index is 0.000001000. The lowest BCUT2D eigenvalue weighted by Gasteiger charge is -1.97. The van der Waals surface area contributed by atoms with Gasteiger partial charge in [-0.25, -0.2) is 0 Å². The Labute approximate surface area is 65.6 Å². The third kappa shape index (κ3) is 3.57. The minimum atomic E-state index is 0. The second kappa shape index (κ2) is 5.67. The summed E-state index contributed by atoms with van der Waals surface area (Å²) in [7, 11) is 0. The van der Waals surface area contributed by atoms with E-state index in [9.17, 15) is 0 Å². The highest BCUT2D eigenvalue weighted by molar-refractivity contribution is 4.54. The molecule has 0 atom stereocenters. The van der Waals surface area contributed by atoms with Gasteiger partial charge in [0.25, 0.3) is 0 Å². The summed E-state index contributed by atoms with van der Waals surface area (Å²) in [5, 5.41) is 8.28. The lowest BCUT2D eigenvalue weighted by molar-refractivity contribution is -0.716. The Morgan fingerprint density at radius 2 is 2.09 bits per heavy atom. The Kier molecular flexibility index (Phi) is 5.10. The predicted octanol–water partition coefficient (Wildman–Crippen LogP) is -0.572. The molecule has 11 heavy (non-hydrogen) atoms. The molecule has 0 aromatic rings. The molecule has 5 heteroatoms. The fraction of sp³-hybridized carbons (Fsp3) is 0.667. The zero-order valence-corrected chi connectivity index (χ0v) is 6.36. The Bertz CT molecular complexity index is 132.